The third-order valence-electron chi connectivity index (χ3n) is 4.22. The van der Waals surface area contributed by atoms with Crippen molar-refractivity contribution in [2.24, 2.45) is 5.10 Å². The molecule has 2 N–H and O–H groups in total. The molecule has 154 valence electrons. The Kier molecular flexibility index (Phi) is 6.57. The van der Waals surface area contributed by atoms with Gasteiger partial charge in [0.05, 0.1) is 11.2 Å². The van der Waals surface area contributed by atoms with Crippen molar-refractivity contribution < 1.29 is 9.53 Å². The first-order valence-electron chi connectivity index (χ1n) is 9.24. The van der Waals surface area contributed by atoms with Gasteiger partial charge in [0.1, 0.15) is 10.6 Å². The number of nitrogens with zero attached hydrogens (tertiary/aromatic N) is 1. The van der Waals surface area contributed by atoms with E-state index in [-0.39, 0.29) is 0 Å². The first-order valence-corrected chi connectivity index (χ1v) is 10.8. The molecule has 0 aliphatic heterocycles. The van der Waals surface area contributed by atoms with Crippen molar-refractivity contribution in [1.29, 1.82) is 0 Å². The molecule has 5 nitrogen and oxygen atoms in total. The van der Waals surface area contributed by atoms with E-state index in [4.69, 9.17) is 28.6 Å². The van der Waals surface area contributed by atoms with E-state index in [9.17, 15) is 4.79 Å². The van der Waals surface area contributed by atoms with Gasteiger partial charge in [0.25, 0.3) is 0 Å². The molecule has 0 radical (unpaired) electrons. The maximum absolute atomic E-state index is 12.5. The molecule has 0 atom stereocenters. The average molecular weight is 466 g/mol. The molecule has 0 aliphatic carbocycles. The highest BCUT2D eigenvalue weighted by Gasteiger charge is 2.18. The van der Waals surface area contributed by atoms with Gasteiger partial charge >= 0.3 is 5.97 Å². The molecular weight excluding hydrogens is 450 g/mol. The average Bonchev–Trinajstić information content (AvgIpc) is 3.12. The van der Waals surface area contributed by atoms with Gasteiger partial charge in [0.15, 0.2) is 5.11 Å². The quantitative estimate of drug-likeness (QED) is 0.123. The van der Waals surface area contributed by atoms with Crippen molar-refractivity contribution in [2.75, 3.05) is 5.32 Å². The minimum absolute atomic E-state index is 0.383. The molecule has 0 fully saturated rings. The van der Waals surface area contributed by atoms with Gasteiger partial charge in [-0.05, 0) is 60.2 Å². The molecule has 4 rings (SSSR count). The van der Waals surface area contributed by atoms with Crippen molar-refractivity contribution in [3.63, 3.8) is 0 Å². The highest BCUT2D eigenvalue weighted by atomic mass is 35.5. The van der Waals surface area contributed by atoms with Crippen LogP contribution in [0, 0.1) is 0 Å². The molecule has 0 amide bonds. The standard InChI is InChI=1S/C23H16ClN3O2S2/c24-20-18-8-4-5-9-19(18)31-21(20)22(28)29-17-12-10-15(11-13-17)14-25-27-23(30)26-16-6-2-1-3-7-16/h1-14H,(H2,26,27,30). The lowest BCUT2D eigenvalue weighted by Gasteiger charge is -2.06. The smallest absolute Gasteiger partial charge is 0.355 e. The minimum Gasteiger partial charge on any atom is -0.422 e. The van der Waals surface area contributed by atoms with Crippen LogP contribution in [0.3, 0.4) is 0 Å². The van der Waals surface area contributed by atoms with Crippen LogP contribution in [0.15, 0.2) is 84.0 Å². The molecule has 0 bridgehead atoms. The number of nitrogens with one attached hydrogen (secondary N) is 2. The van der Waals surface area contributed by atoms with Crippen LogP contribution in [-0.2, 0) is 0 Å². The summed E-state index contributed by atoms with van der Waals surface area (Å²) in [6, 6.07) is 24.1. The number of benzene rings is 3. The van der Waals surface area contributed by atoms with E-state index >= 15 is 0 Å². The van der Waals surface area contributed by atoms with Crippen LogP contribution in [0.2, 0.25) is 5.02 Å². The van der Waals surface area contributed by atoms with Crippen LogP contribution in [0.25, 0.3) is 10.1 Å². The maximum atomic E-state index is 12.5. The minimum atomic E-state index is -0.480. The Morgan fingerprint density at radius 3 is 2.45 bits per heavy atom. The second-order valence-electron chi connectivity index (χ2n) is 6.39. The zero-order valence-electron chi connectivity index (χ0n) is 16.0. The van der Waals surface area contributed by atoms with Crippen LogP contribution in [0.5, 0.6) is 5.75 Å². The number of hydrogen-bond acceptors (Lipinski definition) is 5. The van der Waals surface area contributed by atoms with Crippen molar-refractivity contribution >= 4 is 68.2 Å². The Morgan fingerprint density at radius 2 is 1.71 bits per heavy atom. The van der Waals surface area contributed by atoms with Crippen LogP contribution in [-0.4, -0.2) is 17.3 Å². The Bertz CT molecular complexity index is 1260. The van der Waals surface area contributed by atoms with E-state index in [2.05, 4.69) is 15.8 Å². The zero-order valence-corrected chi connectivity index (χ0v) is 18.4. The number of thiophene rings is 1. The molecule has 1 aromatic heterocycles. The predicted molar refractivity (Wildman–Crippen MR) is 132 cm³/mol. The second kappa shape index (κ2) is 9.70. The van der Waals surface area contributed by atoms with Crippen molar-refractivity contribution in [2.45, 2.75) is 0 Å². The lowest BCUT2D eigenvalue weighted by atomic mass is 10.2. The van der Waals surface area contributed by atoms with E-state index in [0.29, 0.717) is 20.8 Å². The Hall–Kier alpha value is -3.26. The number of carbonyl (C=O) groups excluding carboxylic acids is 1. The number of halogens is 1. The van der Waals surface area contributed by atoms with E-state index in [1.54, 1.807) is 30.5 Å². The first kappa shape index (κ1) is 21.0. The fourth-order valence-electron chi connectivity index (χ4n) is 2.77. The number of rotatable bonds is 5. The van der Waals surface area contributed by atoms with E-state index in [0.717, 1.165) is 21.3 Å². The third-order valence-corrected chi connectivity index (χ3v) is 6.07. The number of esters is 1. The van der Waals surface area contributed by atoms with E-state index in [1.807, 2.05) is 54.6 Å². The monoisotopic (exact) mass is 465 g/mol. The molecule has 1 heterocycles. The van der Waals surface area contributed by atoms with Crippen molar-refractivity contribution in [3.8, 4) is 5.75 Å². The number of fused-ring (bicyclic) bond motifs is 1. The van der Waals surface area contributed by atoms with Gasteiger partial charge in [-0.15, -0.1) is 11.3 Å². The molecule has 0 aliphatic rings. The molecule has 0 saturated carbocycles. The van der Waals surface area contributed by atoms with Gasteiger partial charge in [-0.25, -0.2) is 4.79 Å². The van der Waals surface area contributed by atoms with Crippen molar-refractivity contribution in [1.82, 2.24) is 5.43 Å². The fraction of sp³-hybridized carbons (Fsp3) is 0. The highest BCUT2D eigenvalue weighted by Crippen LogP contribution is 2.35. The number of hydrazone groups is 1. The van der Waals surface area contributed by atoms with Crippen LogP contribution in [0.4, 0.5) is 5.69 Å². The topological polar surface area (TPSA) is 62.7 Å². The predicted octanol–water partition coefficient (Wildman–Crippen LogP) is 6.09. The van der Waals surface area contributed by atoms with Gasteiger partial charge in [-0.1, -0.05) is 48.0 Å². The molecule has 0 saturated heterocycles. The zero-order chi connectivity index (χ0) is 21.6. The summed E-state index contributed by atoms with van der Waals surface area (Å²) in [6.07, 6.45) is 1.62. The maximum Gasteiger partial charge on any atom is 0.355 e. The summed E-state index contributed by atoms with van der Waals surface area (Å²) < 4.78 is 6.41. The first-order chi connectivity index (χ1) is 15.1. The van der Waals surface area contributed by atoms with Crippen LogP contribution in [0.1, 0.15) is 15.2 Å². The Balaban J connectivity index is 1.34. The van der Waals surface area contributed by atoms with Gasteiger partial charge in [0.2, 0.25) is 0 Å². The number of ether oxygens (including phenoxy) is 1. The van der Waals surface area contributed by atoms with Crippen LogP contribution < -0.4 is 15.5 Å². The van der Waals surface area contributed by atoms with Gasteiger partial charge in [-0.2, -0.15) is 5.10 Å². The lowest BCUT2D eigenvalue weighted by molar-refractivity contribution is 0.0740. The SMILES string of the molecule is O=C(Oc1ccc(C=NNC(=S)Nc2ccccc2)cc1)c1sc2ccccc2c1Cl. The Morgan fingerprint density at radius 1 is 1.00 bits per heavy atom. The normalized spacial score (nSPS) is 10.9. The van der Waals surface area contributed by atoms with E-state index < -0.39 is 5.97 Å². The summed E-state index contributed by atoms with van der Waals surface area (Å²) >= 11 is 12.9. The Labute approximate surface area is 193 Å². The molecule has 8 heteroatoms. The molecule has 31 heavy (non-hydrogen) atoms. The lowest BCUT2D eigenvalue weighted by Crippen LogP contribution is -2.23. The third kappa shape index (κ3) is 5.27. The van der Waals surface area contributed by atoms with E-state index in [1.165, 1.54) is 11.3 Å². The summed E-state index contributed by atoms with van der Waals surface area (Å²) in [5.41, 5.74) is 4.45. The highest BCUT2D eigenvalue weighted by molar-refractivity contribution is 7.80. The number of hydrogen-bond donors (Lipinski definition) is 2. The second-order valence-corrected chi connectivity index (χ2v) is 8.23. The molecule has 4 aromatic rings. The number of thiocarbonyl (C=S) groups is 1. The summed E-state index contributed by atoms with van der Waals surface area (Å²) in [4.78, 5) is 12.9. The summed E-state index contributed by atoms with van der Waals surface area (Å²) in [7, 11) is 0. The summed E-state index contributed by atoms with van der Waals surface area (Å²) in [6.45, 7) is 0. The van der Waals surface area contributed by atoms with Gasteiger partial charge < -0.3 is 10.1 Å². The number of carbonyl (C=O) groups is 1. The van der Waals surface area contributed by atoms with Crippen molar-refractivity contribution in [3.05, 3.63) is 94.3 Å². The van der Waals surface area contributed by atoms with Gasteiger partial charge in [0, 0.05) is 15.8 Å². The summed E-state index contributed by atoms with van der Waals surface area (Å²) in [5, 5.41) is 8.78. The van der Waals surface area contributed by atoms with Crippen LogP contribution >= 0.6 is 35.2 Å². The molecular formula is C23H16ClN3O2S2. The number of anilines is 1. The fourth-order valence-corrected chi connectivity index (χ4v) is 4.32. The summed E-state index contributed by atoms with van der Waals surface area (Å²) in [5.74, 6) is -0.0588. The number of para-hydroxylation sites is 1. The largest absolute Gasteiger partial charge is 0.422 e. The molecule has 3 aromatic carbocycles. The molecule has 0 unspecified atom stereocenters. The van der Waals surface area contributed by atoms with Gasteiger partial charge in [-0.3, -0.25) is 5.43 Å². The molecule has 0 spiro atoms.